The number of nitrogens with two attached hydrogens (primary N) is 1. The van der Waals surface area contributed by atoms with Crippen LogP contribution in [0.15, 0.2) is 18.2 Å². The molecule has 0 saturated heterocycles. The summed E-state index contributed by atoms with van der Waals surface area (Å²) in [6.45, 7) is 8.33. The lowest BCUT2D eigenvalue weighted by molar-refractivity contribution is 0.179. The zero-order valence-electron chi connectivity index (χ0n) is 10.1. The number of nitrogen functional groups attached to an aromatic ring is 1. The molecule has 2 rings (SSSR count). The van der Waals surface area contributed by atoms with Crippen LogP contribution in [0.1, 0.15) is 45.6 Å². The summed E-state index contributed by atoms with van der Waals surface area (Å²) in [5.41, 5.74) is 7.79. The Morgan fingerprint density at radius 3 is 2.60 bits per heavy atom. The minimum atomic E-state index is 0.325. The first-order chi connectivity index (χ1) is 7.16. The van der Waals surface area contributed by atoms with Crippen molar-refractivity contribution in [2.75, 3.05) is 5.73 Å². The first-order valence-electron chi connectivity index (χ1n) is 5.73. The fraction of sp³-hybridized carbons (Fsp3) is 0.538. The summed E-state index contributed by atoms with van der Waals surface area (Å²) in [7, 11) is 0. The van der Waals surface area contributed by atoms with Crippen LogP contribution in [0.5, 0.6) is 5.75 Å². The van der Waals surface area contributed by atoms with E-state index < -0.39 is 0 Å². The second-order valence-electron chi connectivity index (χ2n) is 3.86. The minimum Gasteiger partial charge on any atom is -0.490 e. The van der Waals surface area contributed by atoms with E-state index in [0.717, 1.165) is 17.9 Å². The number of hydrogen-bond acceptors (Lipinski definition) is 2. The summed E-state index contributed by atoms with van der Waals surface area (Å²) in [6.07, 6.45) is 1.40. The Bertz CT molecular complexity index is 322. The second-order valence-corrected chi connectivity index (χ2v) is 3.86. The van der Waals surface area contributed by atoms with E-state index in [9.17, 15) is 0 Å². The maximum absolute atomic E-state index is 5.72. The van der Waals surface area contributed by atoms with Crippen LogP contribution >= 0.6 is 0 Å². The van der Waals surface area contributed by atoms with E-state index in [2.05, 4.69) is 13.8 Å². The van der Waals surface area contributed by atoms with Gasteiger partial charge in [-0.25, -0.2) is 0 Å². The molecule has 0 aliphatic carbocycles. The van der Waals surface area contributed by atoms with E-state index in [1.807, 2.05) is 32.0 Å². The van der Waals surface area contributed by atoms with Gasteiger partial charge in [0, 0.05) is 5.69 Å². The van der Waals surface area contributed by atoms with Gasteiger partial charge < -0.3 is 10.5 Å². The van der Waals surface area contributed by atoms with Gasteiger partial charge in [0.15, 0.2) is 0 Å². The van der Waals surface area contributed by atoms with Gasteiger partial charge >= 0.3 is 0 Å². The van der Waals surface area contributed by atoms with E-state index in [0.29, 0.717) is 12.0 Å². The molecule has 1 aliphatic rings. The Hall–Kier alpha value is -1.18. The molecule has 84 valence electrons. The molecule has 2 nitrogen and oxygen atoms in total. The van der Waals surface area contributed by atoms with E-state index in [4.69, 9.17) is 10.5 Å². The minimum absolute atomic E-state index is 0.325. The maximum atomic E-state index is 5.72. The van der Waals surface area contributed by atoms with Gasteiger partial charge in [-0.05, 0) is 43.0 Å². The Balaban J connectivity index is 0.000000531. The second kappa shape index (κ2) is 5.06. The summed E-state index contributed by atoms with van der Waals surface area (Å²) in [6, 6.07) is 5.88. The number of anilines is 1. The molecule has 0 amide bonds. The monoisotopic (exact) mass is 207 g/mol. The third-order valence-electron chi connectivity index (χ3n) is 2.58. The first-order valence-corrected chi connectivity index (χ1v) is 5.73. The Kier molecular flexibility index (Phi) is 4.01. The average molecular weight is 207 g/mol. The van der Waals surface area contributed by atoms with Gasteiger partial charge in [-0.3, -0.25) is 0 Å². The van der Waals surface area contributed by atoms with Crippen molar-refractivity contribution in [2.45, 2.75) is 46.1 Å². The standard InChI is InChI=1S/C11H15NO.C2H6/c1-7-5-8(2)13-11-4-3-9(12)6-10(7)11;1-2/h3-4,6-8H,5,12H2,1-2H3;1-2H3. The number of rotatable bonds is 0. The Labute approximate surface area is 92.4 Å². The molecule has 2 N–H and O–H groups in total. The van der Waals surface area contributed by atoms with E-state index >= 15 is 0 Å². The van der Waals surface area contributed by atoms with Crippen molar-refractivity contribution < 1.29 is 4.74 Å². The van der Waals surface area contributed by atoms with Crippen LogP contribution in [-0.2, 0) is 0 Å². The van der Waals surface area contributed by atoms with Gasteiger partial charge in [-0.1, -0.05) is 20.8 Å². The molecule has 0 radical (unpaired) electrons. The highest BCUT2D eigenvalue weighted by molar-refractivity contribution is 5.50. The normalized spacial score (nSPS) is 23.2. The number of fused-ring (bicyclic) bond motifs is 1. The highest BCUT2D eigenvalue weighted by Crippen LogP contribution is 2.36. The number of hydrogen-bond donors (Lipinski definition) is 1. The summed E-state index contributed by atoms with van der Waals surface area (Å²) >= 11 is 0. The Morgan fingerprint density at radius 2 is 1.93 bits per heavy atom. The highest BCUT2D eigenvalue weighted by Gasteiger charge is 2.22. The molecular weight excluding hydrogens is 186 g/mol. The van der Waals surface area contributed by atoms with Crippen LogP contribution in [0, 0.1) is 0 Å². The predicted molar refractivity (Wildman–Crippen MR) is 65.3 cm³/mol. The molecule has 0 aromatic heterocycles. The molecule has 2 heteroatoms. The van der Waals surface area contributed by atoms with Crippen LogP contribution in [0.2, 0.25) is 0 Å². The lowest BCUT2D eigenvalue weighted by Crippen LogP contribution is -2.21. The van der Waals surface area contributed by atoms with Crippen molar-refractivity contribution in [3.05, 3.63) is 23.8 Å². The van der Waals surface area contributed by atoms with Crippen molar-refractivity contribution >= 4 is 5.69 Å². The first kappa shape index (κ1) is 11.9. The summed E-state index contributed by atoms with van der Waals surface area (Å²) in [5.74, 6) is 1.56. The third kappa shape index (κ3) is 2.65. The molecule has 2 atom stereocenters. The van der Waals surface area contributed by atoms with Crippen LogP contribution in [0.25, 0.3) is 0 Å². The van der Waals surface area contributed by atoms with Crippen LogP contribution < -0.4 is 10.5 Å². The molecule has 0 bridgehead atoms. The maximum Gasteiger partial charge on any atom is 0.123 e. The molecule has 1 aliphatic heterocycles. The molecule has 0 saturated carbocycles. The van der Waals surface area contributed by atoms with Crippen molar-refractivity contribution in [3.8, 4) is 5.75 Å². The Morgan fingerprint density at radius 1 is 1.27 bits per heavy atom. The van der Waals surface area contributed by atoms with Crippen LogP contribution in [-0.4, -0.2) is 6.10 Å². The zero-order valence-corrected chi connectivity index (χ0v) is 10.1. The van der Waals surface area contributed by atoms with E-state index in [-0.39, 0.29) is 0 Å². The lowest BCUT2D eigenvalue weighted by Gasteiger charge is -2.28. The van der Waals surface area contributed by atoms with Gasteiger partial charge in [0.1, 0.15) is 5.75 Å². The van der Waals surface area contributed by atoms with Crippen molar-refractivity contribution in [2.24, 2.45) is 0 Å². The summed E-state index contributed by atoms with van der Waals surface area (Å²) in [5, 5.41) is 0. The molecule has 2 unspecified atom stereocenters. The third-order valence-corrected chi connectivity index (χ3v) is 2.58. The fourth-order valence-electron chi connectivity index (χ4n) is 1.95. The molecule has 15 heavy (non-hydrogen) atoms. The van der Waals surface area contributed by atoms with Crippen molar-refractivity contribution in [3.63, 3.8) is 0 Å². The van der Waals surface area contributed by atoms with Crippen molar-refractivity contribution in [1.29, 1.82) is 0 Å². The fourth-order valence-corrected chi connectivity index (χ4v) is 1.95. The summed E-state index contributed by atoms with van der Waals surface area (Å²) in [4.78, 5) is 0. The van der Waals surface area contributed by atoms with Gasteiger partial charge in [0.05, 0.1) is 6.10 Å². The lowest BCUT2D eigenvalue weighted by atomic mass is 9.92. The number of benzene rings is 1. The topological polar surface area (TPSA) is 35.2 Å². The predicted octanol–water partition coefficient (Wildman–Crippen LogP) is 3.57. The highest BCUT2D eigenvalue weighted by atomic mass is 16.5. The molecule has 0 fully saturated rings. The SMILES string of the molecule is CC.CC1CC(C)c2cc(N)ccc2O1. The quantitative estimate of drug-likeness (QED) is 0.660. The molecule has 1 heterocycles. The van der Waals surface area contributed by atoms with E-state index in [1.165, 1.54) is 5.56 Å². The van der Waals surface area contributed by atoms with Crippen molar-refractivity contribution in [1.82, 2.24) is 0 Å². The molecule has 0 spiro atoms. The van der Waals surface area contributed by atoms with Crippen LogP contribution in [0.3, 0.4) is 0 Å². The summed E-state index contributed by atoms with van der Waals surface area (Å²) < 4.78 is 5.70. The van der Waals surface area contributed by atoms with Gasteiger partial charge in [0.2, 0.25) is 0 Å². The van der Waals surface area contributed by atoms with Gasteiger partial charge in [0.25, 0.3) is 0 Å². The number of ether oxygens (including phenoxy) is 1. The molecule has 1 aromatic rings. The smallest absolute Gasteiger partial charge is 0.123 e. The van der Waals surface area contributed by atoms with E-state index in [1.54, 1.807) is 0 Å². The van der Waals surface area contributed by atoms with Gasteiger partial charge in [-0.15, -0.1) is 0 Å². The molecular formula is C13H21NO. The van der Waals surface area contributed by atoms with Gasteiger partial charge in [-0.2, -0.15) is 0 Å². The van der Waals surface area contributed by atoms with Crippen LogP contribution in [0.4, 0.5) is 5.69 Å². The largest absolute Gasteiger partial charge is 0.490 e. The zero-order chi connectivity index (χ0) is 11.4. The molecule has 1 aromatic carbocycles. The average Bonchev–Trinajstić information content (AvgIpc) is 2.22.